The van der Waals surface area contributed by atoms with Crippen molar-refractivity contribution in [2.75, 3.05) is 21.3 Å². The number of nitro benzene ring substituents is 1. The molecule has 27 heavy (non-hydrogen) atoms. The van der Waals surface area contributed by atoms with Crippen molar-refractivity contribution in [3.63, 3.8) is 0 Å². The van der Waals surface area contributed by atoms with Gasteiger partial charge in [0, 0.05) is 6.07 Å². The number of fused-ring (bicyclic) bond motifs is 1. The normalized spacial score (nSPS) is 15.0. The molecular formula is C19H20N2O6. The molecule has 0 saturated heterocycles. The Kier molecular flexibility index (Phi) is 5.16. The van der Waals surface area contributed by atoms with Crippen molar-refractivity contribution in [3.05, 3.63) is 57.1 Å². The van der Waals surface area contributed by atoms with Gasteiger partial charge in [0.05, 0.1) is 32.3 Å². The first-order valence-electron chi connectivity index (χ1n) is 8.37. The van der Waals surface area contributed by atoms with E-state index in [4.69, 9.17) is 14.2 Å². The summed E-state index contributed by atoms with van der Waals surface area (Å²) in [6.45, 7) is 0. The van der Waals surface area contributed by atoms with Gasteiger partial charge in [-0.05, 0) is 24.0 Å². The number of nitro groups is 1. The Labute approximate surface area is 156 Å². The Hall–Kier alpha value is -3.29. The number of nitrogens with one attached hydrogen (secondary N) is 1. The van der Waals surface area contributed by atoms with E-state index in [2.05, 4.69) is 5.32 Å². The van der Waals surface area contributed by atoms with E-state index < -0.39 is 16.5 Å². The number of rotatable bonds is 6. The Morgan fingerprint density at radius 3 is 2.48 bits per heavy atom. The second-order valence-electron chi connectivity index (χ2n) is 6.06. The summed E-state index contributed by atoms with van der Waals surface area (Å²) in [4.78, 5) is 23.9. The molecule has 0 aromatic heterocycles. The monoisotopic (exact) mass is 372 g/mol. The van der Waals surface area contributed by atoms with Gasteiger partial charge in [0.2, 0.25) is 11.5 Å². The van der Waals surface area contributed by atoms with Crippen molar-refractivity contribution < 1.29 is 23.9 Å². The molecule has 1 aliphatic carbocycles. The first kappa shape index (κ1) is 18.5. The van der Waals surface area contributed by atoms with Gasteiger partial charge in [-0.3, -0.25) is 14.9 Å². The van der Waals surface area contributed by atoms with Gasteiger partial charge in [-0.2, -0.15) is 0 Å². The number of hydrogen-bond donors (Lipinski definition) is 1. The quantitative estimate of drug-likeness (QED) is 0.618. The molecule has 2 aromatic carbocycles. The van der Waals surface area contributed by atoms with Crippen LogP contribution in [-0.4, -0.2) is 32.2 Å². The molecule has 0 heterocycles. The highest BCUT2D eigenvalue weighted by molar-refractivity contribution is 6.01. The van der Waals surface area contributed by atoms with Crippen LogP contribution in [0.4, 0.5) is 5.69 Å². The number of methoxy groups -OCH3 is 3. The molecule has 1 aliphatic rings. The van der Waals surface area contributed by atoms with Crippen LogP contribution in [0.2, 0.25) is 0 Å². The number of amides is 1. The predicted octanol–water partition coefficient (Wildman–Crippen LogP) is 3.04. The van der Waals surface area contributed by atoms with Crippen LogP contribution in [0, 0.1) is 10.1 Å². The molecule has 0 aliphatic heterocycles. The first-order chi connectivity index (χ1) is 13.0. The van der Waals surface area contributed by atoms with Gasteiger partial charge in [-0.25, -0.2) is 0 Å². The third-order valence-electron chi connectivity index (χ3n) is 4.67. The van der Waals surface area contributed by atoms with Crippen LogP contribution in [0.5, 0.6) is 17.2 Å². The highest BCUT2D eigenvalue weighted by Gasteiger charge is 2.34. The molecule has 0 spiro atoms. The maximum atomic E-state index is 12.9. The van der Waals surface area contributed by atoms with Gasteiger partial charge in [-0.15, -0.1) is 0 Å². The molecule has 0 radical (unpaired) electrons. The lowest BCUT2D eigenvalue weighted by Crippen LogP contribution is -2.28. The average molecular weight is 372 g/mol. The minimum Gasteiger partial charge on any atom is -0.493 e. The summed E-state index contributed by atoms with van der Waals surface area (Å²) in [5.74, 6) is -0.479. The Bertz CT molecular complexity index is 896. The molecule has 142 valence electrons. The molecule has 1 amide bonds. The standard InChI is InChI=1S/C19H20N2O6/c1-25-15-10-13(16(21(23)24)18(27-3)17(15)26-2)19(22)20-14-9-8-11-6-4-5-7-12(11)14/h4-7,10,14H,8-9H2,1-3H3,(H,20,22)/t14-/m1/s1. The molecule has 1 N–H and O–H groups in total. The lowest BCUT2D eigenvalue weighted by molar-refractivity contribution is -0.386. The topological polar surface area (TPSA) is 99.9 Å². The Morgan fingerprint density at radius 2 is 1.85 bits per heavy atom. The van der Waals surface area contributed by atoms with Crippen LogP contribution in [-0.2, 0) is 6.42 Å². The van der Waals surface area contributed by atoms with Crippen molar-refractivity contribution >= 4 is 11.6 Å². The van der Waals surface area contributed by atoms with E-state index in [0.717, 1.165) is 18.4 Å². The second kappa shape index (κ2) is 7.53. The van der Waals surface area contributed by atoms with Gasteiger partial charge in [0.1, 0.15) is 5.56 Å². The molecular weight excluding hydrogens is 352 g/mol. The van der Waals surface area contributed by atoms with Gasteiger partial charge >= 0.3 is 5.69 Å². The largest absolute Gasteiger partial charge is 0.493 e. The molecule has 0 saturated carbocycles. The predicted molar refractivity (Wildman–Crippen MR) is 97.7 cm³/mol. The fourth-order valence-electron chi connectivity index (χ4n) is 3.44. The van der Waals surface area contributed by atoms with Gasteiger partial charge in [0.25, 0.3) is 5.91 Å². The SMILES string of the molecule is COc1cc(C(=O)N[C@@H]2CCc3ccccc32)c([N+](=O)[O-])c(OC)c1OC. The van der Waals surface area contributed by atoms with Gasteiger partial charge in [0.15, 0.2) is 5.75 Å². The smallest absolute Gasteiger partial charge is 0.327 e. The zero-order valence-corrected chi connectivity index (χ0v) is 15.3. The third-order valence-corrected chi connectivity index (χ3v) is 4.67. The maximum absolute atomic E-state index is 12.9. The van der Waals surface area contributed by atoms with Crippen LogP contribution in [0.1, 0.15) is 33.9 Å². The zero-order chi connectivity index (χ0) is 19.6. The van der Waals surface area contributed by atoms with Gasteiger partial charge < -0.3 is 19.5 Å². The maximum Gasteiger partial charge on any atom is 0.327 e. The van der Waals surface area contributed by atoms with Crippen molar-refractivity contribution in [1.82, 2.24) is 5.32 Å². The Balaban J connectivity index is 2.03. The number of aryl methyl sites for hydroxylation is 1. The van der Waals surface area contributed by atoms with Crippen LogP contribution < -0.4 is 19.5 Å². The lowest BCUT2D eigenvalue weighted by Gasteiger charge is -2.17. The number of hydrogen-bond acceptors (Lipinski definition) is 6. The Morgan fingerprint density at radius 1 is 1.15 bits per heavy atom. The highest BCUT2D eigenvalue weighted by atomic mass is 16.6. The fraction of sp³-hybridized carbons (Fsp3) is 0.316. The number of ether oxygens (including phenoxy) is 3. The van der Waals surface area contributed by atoms with Crippen molar-refractivity contribution in [2.24, 2.45) is 0 Å². The molecule has 8 nitrogen and oxygen atoms in total. The number of carbonyl (C=O) groups excluding carboxylic acids is 1. The van der Waals surface area contributed by atoms with E-state index in [1.165, 1.54) is 33.0 Å². The number of nitrogens with zero attached hydrogens (tertiary/aromatic N) is 1. The average Bonchev–Trinajstić information content (AvgIpc) is 3.08. The summed E-state index contributed by atoms with van der Waals surface area (Å²) >= 11 is 0. The lowest BCUT2D eigenvalue weighted by atomic mass is 10.1. The summed E-state index contributed by atoms with van der Waals surface area (Å²) in [6, 6.07) is 8.93. The summed E-state index contributed by atoms with van der Waals surface area (Å²) in [7, 11) is 4.01. The van der Waals surface area contributed by atoms with E-state index in [1.807, 2.05) is 24.3 Å². The summed E-state index contributed by atoms with van der Waals surface area (Å²) in [5, 5.41) is 14.5. The van der Waals surface area contributed by atoms with Crippen LogP contribution >= 0.6 is 0 Å². The second-order valence-corrected chi connectivity index (χ2v) is 6.06. The highest BCUT2D eigenvalue weighted by Crippen LogP contribution is 2.46. The minimum absolute atomic E-state index is 0.0643. The summed E-state index contributed by atoms with van der Waals surface area (Å²) in [6.07, 6.45) is 1.59. The third kappa shape index (κ3) is 3.25. The molecule has 0 unspecified atom stereocenters. The molecule has 3 rings (SSSR count). The van der Waals surface area contributed by atoms with Crippen LogP contribution in [0.25, 0.3) is 0 Å². The zero-order valence-electron chi connectivity index (χ0n) is 15.3. The van der Waals surface area contributed by atoms with E-state index in [1.54, 1.807) is 0 Å². The molecule has 1 atom stereocenters. The van der Waals surface area contributed by atoms with E-state index in [0.29, 0.717) is 0 Å². The fourth-order valence-corrected chi connectivity index (χ4v) is 3.44. The summed E-state index contributed by atoms with van der Waals surface area (Å²) in [5.41, 5.74) is 1.60. The van der Waals surface area contributed by atoms with Crippen molar-refractivity contribution in [3.8, 4) is 17.2 Å². The number of carbonyl (C=O) groups is 1. The molecule has 0 bridgehead atoms. The van der Waals surface area contributed by atoms with E-state index >= 15 is 0 Å². The molecule has 8 heteroatoms. The van der Waals surface area contributed by atoms with E-state index in [9.17, 15) is 14.9 Å². The van der Waals surface area contributed by atoms with Crippen molar-refractivity contribution in [2.45, 2.75) is 18.9 Å². The van der Waals surface area contributed by atoms with Crippen LogP contribution in [0.15, 0.2) is 30.3 Å². The van der Waals surface area contributed by atoms with Crippen molar-refractivity contribution in [1.29, 1.82) is 0 Å². The van der Waals surface area contributed by atoms with Crippen LogP contribution in [0.3, 0.4) is 0 Å². The number of benzene rings is 2. The van der Waals surface area contributed by atoms with E-state index in [-0.39, 0.29) is 28.9 Å². The minimum atomic E-state index is -0.654. The molecule has 2 aromatic rings. The summed E-state index contributed by atoms with van der Waals surface area (Å²) < 4.78 is 15.6. The molecule has 0 fully saturated rings. The van der Waals surface area contributed by atoms with Gasteiger partial charge in [-0.1, -0.05) is 24.3 Å². The first-order valence-corrected chi connectivity index (χ1v) is 8.37.